The van der Waals surface area contributed by atoms with E-state index in [0.29, 0.717) is 31.3 Å². The normalized spacial score (nSPS) is 17.1. The number of ether oxygens (including phenoxy) is 1. The van der Waals surface area contributed by atoms with Gasteiger partial charge >= 0.3 is 0 Å². The lowest BCUT2D eigenvalue weighted by Crippen LogP contribution is -2.38. The number of carbonyl (C=O) groups is 1. The maximum Gasteiger partial charge on any atom is 0.244 e. The van der Waals surface area contributed by atoms with Crippen LogP contribution >= 0.6 is 0 Å². The second-order valence-corrected chi connectivity index (χ2v) is 10.3. The van der Waals surface area contributed by atoms with Crippen LogP contribution in [0.2, 0.25) is 0 Å². The van der Waals surface area contributed by atoms with Crippen LogP contribution in [0, 0.1) is 0 Å². The SMILES string of the molecule is O=C(Cn1cc(-c2cnc(NC3Cc4ccccc4C3)nc2)c(OC2CCC2)n1)N1CCc2n[nH]nc2C1. The van der Waals surface area contributed by atoms with E-state index in [2.05, 4.69) is 60.1 Å². The van der Waals surface area contributed by atoms with Crippen LogP contribution in [-0.4, -0.2) is 64.7 Å². The van der Waals surface area contributed by atoms with Crippen LogP contribution in [0.3, 0.4) is 0 Å². The fourth-order valence-corrected chi connectivity index (χ4v) is 5.36. The summed E-state index contributed by atoms with van der Waals surface area (Å²) in [6, 6.07) is 8.83. The van der Waals surface area contributed by atoms with Crippen LogP contribution in [0.4, 0.5) is 5.95 Å². The zero-order chi connectivity index (χ0) is 25.5. The third-order valence-electron chi connectivity index (χ3n) is 7.72. The van der Waals surface area contributed by atoms with Crippen molar-refractivity contribution in [2.24, 2.45) is 0 Å². The van der Waals surface area contributed by atoms with Crippen molar-refractivity contribution in [3.8, 4) is 17.0 Å². The van der Waals surface area contributed by atoms with Gasteiger partial charge in [0.1, 0.15) is 18.3 Å². The van der Waals surface area contributed by atoms with Gasteiger partial charge in [0.15, 0.2) is 0 Å². The lowest BCUT2D eigenvalue weighted by Gasteiger charge is -2.26. The van der Waals surface area contributed by atoms with E-state index in [4.69, 9.17) is 4.74 Å². The van der Waals surface area contributed by atoms with Crippen LogP contribution in [0.25, 0.3) is 11.1 Å². The van der Waals surface area contributed by atoms with E-state index in [1.165, 1.54) is 11.1 Å². The Morgan fingerprint density at radius 3 is 2.58 bits per heavy atom. The summed E-state index contributed by atoms with van der Waals surface area (Å²) in [6.07, 6.45) is 11.4. The molecular weight excluding hydrogens is 482 g/mol. The molecule has 0 atom stereocenters. The number of carbonyl (C=O) groups excluding carboxylic acids is 1. The number of anilines is 1. The zero-order valence-electron chi connectivity index (χ0n) is 21.0. The Balaban J connectivity index is 1.06. The third-order valence-corrected chi connectivity index (χ3v) is 7.72. The summed E-state index contributed by atoms with van der Waals surface area (Å²) in [7, 11) is 0. The Labute approximate surface area is 219 Å². The first-order valence-corrected chi connectivity index (χ1v) is 13.2. The smallest absolute Gasteiger partial charge is 0.244 e. The monoisotopic (exact) mass is 511 g/mol. The molecule has 4 aromatic rings. The molecule has 38 heavy (non-hydrogen) atoms. The molecule has 1 fully saturated rings. The maximum absolute atomic E-state index is 13.1. The molecule has 7 rings (SSSR count). The zero-order valence-corrected chi connectivity index (χ0v) is 21.0. The number of fused-ring (bicyclic) bond motifs is 2. The standard InChI is InChI=1S/C27H29N9O2/c37-25(35-9-8-23-24(15-35)32-34-31-23)16-36-14-22(26(33-36)38-21-6-3-7-21)19-12-28-27(29-13-19)30-20-10-17-4-1-2-5-18(17)11-20/h1-2,4-5,12-14,20-21H,3,6-11,15-16H2,(H,28,29,30)(H,31,32,34). The number of hydrogen-bond acceptors (Lipinski definition) is 8. The summed E-state index contributed by atoms with van der Waals surface area (Å²) in [4.78, 5) is 24.0. The van der Waals surface area contributed by atoms with Gasteiger partial charge in [-0.15, -0.1) is 5.10 Å². The van der Waals surface area contributed by atoms with Gasteiger partial charge in [-0.2, -0.15) is 15.4 Å². The van der Waals surface area contributed by atoms with Gasteiger partial charge in [0.05, 0.1) is 17.8 Å². The largest absolute Gasteiger partial charge is 0.473 e. The molecule has 3 aliphatic rings. The predicted molar refractivity (Wildman–Crippen MR) is 138 cm³/mol. The van der Waals surface area contributed by atoms with E-state index in [9.17, 15) is 4.79 Å². The van der Waals surface area contributed by atoms with Crippen molar-refractivity contribution >= 4 is 11.9 Å². The number of aromatic nitrogens is 7. The van der Waals surface area contributed by atoms with Gasteiger partial charge in [-0.1, -0.05) is 24.3 Å². The molecule has 194 valence electrons. The number of rotatable bonds is 7. The summed E-state index contributed by atoms with van der Waals surface area (Å²) >= 11 is 0. The number of H-pyrrole nitrogens is 1. The number of hydrogen-bond donors (Lipinski definition) is 2. The van der Waals surface area contributed by atoms with Gasteiger partial charge in [-0.3, -0.25) is 9.48 Å². The second kappa shape index (κ2) is 9.55. The van der Waals surface area contributed by atoms with Crippen LogP contribution in [0.5, 0.6) is 5.88 Å². The molecule has 1 saturated carbocycles. The van der Waals surface area contributed by atoms with Crippen molar-refractivity contribution in [2.75, 3.05) is 11.9 Å². The Morgan fingerprint density at radius 2 is 1.84 bits per heavy atom. The molecule has 1 aliphatic heterocycles. The molecule has 0 radical (unpaired) electrons. The summed E-state index contributed by atoms with van der Waals surface area (Å²) in [6.45, 7) is 1.20. The quantitative estimate of drug-likeness (QED) is 0.388. The van der Waals surface area contributed by atoms with E-state index in [1.54, 1.807) is 22.0 Å². The molecule has 3 aromatic heterocycles. The van der Waals surface area contributed by atoms with Gasteiger partial charge in [-0.05, 0) is 43.2 Å². The van der Waals surface area contributed by atoms with Gasteiger partial charge in [0, 0.05) is 43.2 Å². The minimum atomic E-state index is -0.0174. The van der Waals surface area contributed by atoms with Crippen LogP contribution in [0.1, 0.15) is 41.8 Å². The highest BCUT2D eigenvalue weighted by atomic mass is 16.5. The van der Waals surface area contributed by atoms with Crippen molar-refractivity contribution in [2.45, 2.75) is 63.8 Å². The Hall–Kier alpha value is -4.28. The molecule has 0 saturated heterocycles. The van der Waals surface area contributed by atoms with Crippen LogP contribution in [0.15, 0.2) is 42.9 Å². The van der Waals surface area contributed by atoms with Gasteiger partial charge in [-0.25, -0.2) is 9.97 Å². The molecule has 0 spiro atoms. The topological polar surface area (TPSA) is 127 Å². The summed E-state index contributed by atoms with van der Waals surface area (Å²) < 4.78 is 7.86. The highest BCUT2D eigenvalue weighted by molar-refractivity contribution is 5.76. The first kappa shape index (κ1) is 22.9. The number of nitrogens with zero attached hydrogens (tertiary/aromatic N) is 7. The van der Waals surface area contributed by atoms with E-state index in [0.717, 1.165) is 54.6 Å². The second-order valence-electron chi connectivity index (χ2n) is 10.3. The summed E-state index contributed by atoms with van der Waals surface area (Å²) in [5.41, 5.74) is 6.12. The summed E-state index contributed by atoms with van der Waals surface area (Å²) in [5, 5.41) is 19.1. The molecule has 11 nitrogen and oxygen atoms in total. The molecule has 0 bridgehead atoms. The molecule has 2 N–H and O–H groups in total. The van der Waals surface area contributed by atoms with Gasteiger partial charge in [0.2, 0.25) is 17.7 Å². The molecule has 2 aliphatic carbocycles. The van der Waals surface area contributed by atoms with Crippen LogP contribution in [-0.2, 0) is 37.1 Å². The Bertz CT molecular complexity index is 1430. The van der Waals surface area contributed by atoms with Crippen molar-refractivity contribution in [1.29, 1.82) is 0 Å². The predicted octanol–water partition coefficient (Wildman–Crippen LogP) is 2.55. The highest BCUT2D eigenvalue weighted by Gasteiger charge is 2.27. The summed E-state index contributed by atoms with van der Waals surface area (Å²) in [5.74, 6) is 1.11. The van der Waals surface area contributed by atoms with Crippen molar-refractivity contribution < 1.29 is 9.53 Å². The first-order chi connectivity index (χ1) is 18.7. The minimum Gasteiger partial charge on any atom is -0.473 e. The minimum absolute atomic E-state index is 0.0174. The lowest BCUT2D eigenvalue weighted by atomic mass is 9.96. The van der Waals surface area contributed by atoms with E-state index < -0.39 is 0 Å². The average Bonchev–Trinajstić information content (AvgIpc) is 3.64. The van der Waals surface area contributed by atoms with Crippen LogP contribution < -0.4 is 10.1 Å². The van der Waals surface area contributed by atoms with E-state index in [-0.39, 0.29) is 24.6 Å². The fraction of sp³-hybridized carbons (Fsp3) is 0.407. The van der Waals surface area contributed by atoms with E-state index in [1.807, 2.05) is 6.20 Å². The molecule has 4 heterocycles. The number of aromatic amines is 1. The Morgan fingerprint density at radius 1 is 1.08 bits per heavy atom. The molecule has 1 aromatic carbocycles. The van der Waals surface area contributed by atoms with Crippen molar-refractivity contribution in [3.05, 3.63) is 65.4 Å². The number of nitrogens with one attached hydrogen (secondary N) is 2. The fourth-order valence-electron chi connectivity index (χ4n) is 5.36. The van der Waals surface area contributed by atoms with Crippen molar-refractivity contribution in [1.82, 2.24) is 40.1 Å². The Kier molecular flexibility index (Phi) is 5.75. The van der Waals surface area contributed by atoms with Crippen molar-refractivity contribution in [3.63, 3.8) is 0 Å². The molecular formula is C27H29N9O2. The van der Waals surface area contributed by atoms with E-state index >= 15 is 0 Å². The highest BCUT2D eigenvalue weighted by Crippen LogP contribution is 2.33. The lowest BCUT2D eigenvalue weighted by molar-refractivity contribution is -0.133. The molecule has 0 unspecified atom stereocenters. The molecule has 11 heteroatoms. The number of amides is 1. The van der Waals surface area contributed by atoms with Gasteiger partial charge < -0.3 is 15.0 Å². The third kappa shape index (κ3) is 4.48. The number of benzene rings is 1. The average molecular weight is 512 g/mol. The maximum atomic E-state index is 13.1. The first-order valence-electron chi connectivity index (χ1n) is 13.2. The molecule has 1 amide bonds. The van der Waals surface area contributed by atoms with Gasteiger partial charge in [0.25, 0.3) is 0 Å².